The molecule has 0 aliphatic carbocycles. The summed E-state index contributed by atoms with van der Waals surface area (Å²) in [5.41, 5.74) is 1.29. The van der Waals surface area contributed by atoms with E-state index >= 15 is 0 Å². The maximum atomic E-state index is 5.24. The quantitative estimate of drug-likeness (QED) is 0.791. The van der Waals surface area contributed by atoms with Gasteiger partial charge in [0.25, 0.3) is 5.71 Å². The van der Waals surface area contributed by atoms with Crippen molar-refractivity contribution in [2.24, 2.45) is 0 Å². The first-order valence-electron chi connectivity index (χ1n) is 7.98. The van der Waals surface area contributed by atoms with Crippen LogP contribution in [-0.2, 0) is 19.5 Å². The summed E-state index contributed by atoms with van der Waals surface area (Å²) in [5.74, 6) is 3.42. The van der Waals surface area contributed by atoms with Crippen LogP contribution in [0.5, 0.6) is 0 Å². The van der Waals surface area contributed by atoms with Crippen molar-refractivity contribution < 1.29 is 4.52 Å². The van der Waals surface area contributed by atoms with Crippen molar-refractivity contribution in [3.63, 3.8) is 0 Å². The SMILES string of the molecule is Cc1nc(NCc2nnc3n2CCCCC3)c2c(C)noc2n1. The van der Waals surface area contributed by atoms with Gasteiger partial charge in [-0.25, -0.2) is 4.98 Å². The highest BCUT2D eigenvalue weighted by molar-refractivity contribution is 5.87. The molecule has 0 aromatic carbocycles. The van der Waals surface area contributed by atoms with Crippen LogP contribution in [0.4, 0.5) is 5.82 Å². The molecule has 0 atom stereocenters. The fraction of sp³-hybridized carbons (Fsp3) is 0.533. The van der Waals surface area contributed by atoms with Gasteiger partial charge >= 0.3 is 0 Å². The van der Waals surface area contributed by atoms with Gasteiger partial charge in [0.05, 0.1) is 12.2 Å². The molecule has 0 amide bonds. The lowest BCUT2D eigenvalue weighted by molar-refractivity contribution is 0.442. The highest BCUT2D eigenvalue weighted by Gasteiger charge is 2.17. The van der Waals surface area contributed by atoms with Gasteiger partial charge in [0.15, 0.2) is 5.82 Å². The van der Waals surface area contributed by atoms with Crippen molar-refractivity contribution in [3.05, 3.63) is 23.2 Å². The smallest absolute Gasteiger partial charge is 0.263 e. The first-order valence-corrected chi connectivity index (χ1v) is 7.98. The Bertz CT molecular complexity index is 851. The predicted octanol–water partition coefficient (Wildman–Crippen LogP) is 2.16. The molecule has 0 radical (unpaired) electrons. The lowest BCUT2D eigenvalue weighted by Gasteiger charge is -2.09. The van der Waals surface area contributed by atoms with Gasteiger partial charge in [0.1, 0.15) is 22.9 Å². The number of anilines is 1. The molecule has 3 aromatic heterocycles. The first-order chi connectivity index (χ1) is 11.2. The zero-order valence-electron chi connectivity index (χ0n) is 13.3. The Morgan fingerprint density at radius 2 is 2.04 bits per heavy atom. The molecule has 1 aliphatic rings. The number of aromatic nitrogens is 6. The van der Waals surface area contributed by atoms with E-state index in [9.17, 15) is 0 Å². The van der Waals surface area contributed by atoms with Crippen molar-refractivity contribution in [2.45, 2.75) is 52.6 Å². The molecule has 4 heterocycles. The predicted molar refractivity (Wildman–Crippen MR) is 84.0 cm³/mol. The van der Waals surface area contributed by atoms with Gasteiger partial charge in [-0.3, -0.25) is 0 Å². The molecule has 3 aromatic rings. The Kier molecular flexibility index (Phi) is 3.44. The van der Waals surface area contributed by atoms with E-state index in [4.69, 9.17) is 4.52 Å². The van der Waals surface area contributed by atoms with Gasteiger partial charge in [-0.05, 0) is 26.7 Å². The molecule has 23 heavy (non-hydrogen) atoms. The van der Waals surface area contributed by atoms with E-state index in [-0.39, 0.29) is 0 Å². The Morgan fingerprint density at radius 1 is 1.13 bits per heavy atom. The van der Waals surface area contributed by atoms with E-state index in [1.165, 1.54) is 19.3 Å². The Balaban J connectivity index is 1.63. The van der Waals surface area contributed by atoms with Gasteiger partial charge in [-0.1, -0.05) is 11.6 Å². The molecule has 1 N–H and O–H groups in total. The summed E-state index contributed by atoms with van der Waals surface area (Å²) in [7, 11) is 0. The average Bonchev–Trinajstić information content (AvgIpc) is 3.00. The molecular formula is C15H19N7O. The number of nitrogens with one attached hydrogen (secondary N) is 1. The van der Waals surface area contributed by atoms with Gasteiger partial charge in [-0.15, -0.1) is 10.2 Å². The van der Waals surface area contributed by atoms with Crippen LogP contribution in [0.2, 0.25) is 0 Å². The number of fused-ring (bicyclic) bond motifs is 2. The highest BCUT2D eigenvalue weighted by Crippen LogP contribution is 2.24. The molecule has 0 saturated heterocycles. The van der Waals surface area contributed by atoms with Gasteiger partial charge in [0.2, 0.25) is 0 Å². The summed E-state index contributed by atoms with van der Waals surface area (Å²) in [6.07, 6.45) is 4.63. The van der Waals surface area contributed by atoms with E-state index < -0.39 is 0 Å². The topological polar surface area (TPSA) is 94.6 Å². The van der Waals surface area contributed by atoms with E-state index in [0.717, 1.165) is 41.5 Å². The fourth-order valence-electron chi connectivity index (χ4n) is 3.06. The van der Waals surface area contributed by atoms with E-state index in [1.54, 1.807) is 0 Å². The summed E-state index contributed by atoms with van der Waals surface area (Å²) >= 11 is 0. The summed E-state index contributed by atoms with van der Waals surface area (Å²) in [4.78, 5) is 8.76. The molecule has 0 unspecified atom stereocenters. The minimum absolute atomic E-state index is 0.512. The van der Waals surface area contributed by atoms with Crippen LogP contribution in [0.3, 0.4) is 0 Å². The lowest BCUT2D eigenvalue weighted by atomic mass is 10.2. The Morgan fingerprint density at radius 3 is 2.96 bits per heavy atom. The molecule has 8 heteroatoms. The average molecular weight is 313 g/mol. The molecule has 0 fully saturated rings. The number of hydrogen-bond donors (Lipinski definition) is 1. The second-order valence-electron chi connectivity index (χ2n) is 5.92. The molecule has 4 rings (SSSR count). The van der Waals surface area contributed by atoms with Crippen molar-refractivity contribution in [2.75, 3.05) is 5.32 Å². The molecule has 8 nitrogen and oxygen atoms in total. The maximum absolute atomic E-state index is 5.24. The highest BCUT2D eigenvalue weighted by atomic mass is 16.5. The van der Waals surface area contributed by atoms with Crippen LogP contribution in [0, 0.1) is 13.8 Å². The maximum Gasteiger partial charge on any atom is 0.263 e. The van der Waals surface area contributed by atoms with Gasteiger partial charge in [-0.2, -0.15) is 4.98 Å². The number of aryl methyl sites for hydroxylation is 3. The third-order valence-corrected chi connectivity index (χ3v) is 4.22. The molecule has 0 bridgehead atoms. The molecular weight excluding hydrogens is 294 g/mol. The van der Waals surface area contributed by atoms with Gasteiger partial charge in [0, 0.05) is 13.0 Å². The Labute approximate surface area is 133 Å². The van der Waals surface area contributed by atoms with Crippen molar-refractivity contribution in [3.8, 4) is 0 Å². The normalized spacial score (nSPS) is 14.7. The number of hydrogen-bond acceptors (Lipinski definition) is 7. The standard InChI is InChI=1S/C15H19N7O/c1-9-13-14(17-10(2)18-15(13)23-21-9)16-8-12-20-19-11-6-4-3-5-7-22(11)12/h3-8H2,1-2H3,(H,16,17,18). The van der Waals surface area contributed by atoms with Crippen LogP contribution in [0.1, 0.15) is 42.4 Å². The van der Waals surface area contributed by atoms with Crippen LogP contribution in [0.25, 0.3) is 11.1 Å². The summed E-state index contributed by atoms with van der Waals surface area (Å²) in [6.45, 7) is 5.29. The third-order valence-electron chi connectivity index (χ3n) is 4.22. The van der Waals surface area contributed by atoms with Crippen LogP contribution < -0.4 is 5.32 Å². The zero-order chi connectivity index (χ0) is 15.8. The van der Waals surface area contributed by atoms with Crippen molar-refractivity contribution >= 4 is 16.9 Å². The lowest BCUT2D eigenvalue weighted by Crippen LogP contribution is -2.11. The second kappa shape index (κ2) is 5.60. The monoisotopic (exact) mass is 313 g/mol. The van der Waals surface area contributed by atoms with Crippen LogP contribution in [0.15, 0.2) is 4.52 Å². The van der Waals surface area contributed by atoms with E-state index in [1.807, 2.05) is 13.8 Å². The summed E-state index contributed by atoms with van der Waals surface area (Å²) < 4.78 is 7.47. The van der Waals surface area contributed by atoms with Crippen molar-refractivity contribution in [1.29, 1.82) is 0 Å². The van der Waals surface area contributed by atoms with Crippen LogP contribution in [-0.4, -0.2) is 29.9 Å². The molecule has 120 valence electrons. The first kappa shape index (κ1) is 14.1. The minimum atomic E-state index is 0.512. The molecule has 0 saturated carbocycles. The third kappa shape index (κ3) is 2.54. The summed E-state index contributed by atoms with van der Waals surface area (Å²) in [5, 5.41) is 16.8. The fourth-order valence-corrected chi connectivity index (χ4v) is 3.06. The second-order valence-corrected chi connectivity index (χ2v) is 5.92. The minimum Gasteiger partial charge on any atom is -0.362 e. The molecule has 1 aliphatic heterocycles. The number of rotatable bonds is 3. The number of nitrogens with zero attached hydrogens (tertiary/aromatic N) is 6. The van der Waals surface area contributed by atoms with E-state index in [0.29, 0.717) is 18.1 Å². The van der Waals surface area contributed by atoms with Gasteiger partial charge < -0.3 is 14.4 Å². The Hall–Kier alpha value is -2.51. The van der Waals surface area contributed by atoms with Crippen molar-refractivity contribution in [1.82, 2.24) is 29.9 Å². The summed E-state index contributed by atoms with van der Waals surface area (Å²) in [6, 6.07) is 0. The van der Waals surface area contributed by atoms with Crippen LogP contribution >= 0.6 is 0 Å². The zero-order valence-corrected chi connectivity index (χ0v) is 13.3. The van der Waals surface area contributed by atoms with E-state index in [2.05, 4.69) is 35.2 Å². The largest absolute Gasteiger partial charge is 0.362 e. The molecule has 0 spiro atoms.